The van der Waals surface area contributed by atoms with Crippen molar-refractivity contribution < 1.29 is 9.18 Å². The topological polar surface area (TPSA) is 32.7 Å². The largest absolute Gasteiger partial charge is 0.271 e. The van der Waals surface area contributed by atoms with E-state index in [9.17, 15) is 9.18 Å². The van der Waals surface area contributed by atoms with E-state index in [2.05, 4.69) is 5.10 Å². The molecule has 1 aromatic rings. The Hall–Kier alpha value is -1.71. The van der Waals surface area contributed by atoms with Gasteiger partial charge in [-0.1, -0.05) is 0 Å². The minimum absolute atomic E-state index is 0.103. The summed E-state index contributed by atoms with van der Waals surface area (Å²) < 4.78 is 12.7. The molecule has 0 fully saturated rings. The Labute approximate surface area is 87.2 Å². The predicted molar refractivity (Wildman–Crippen MR) is 56.2 cm³/mol. The standard InChI is InChI=1S/C11H11FN2O/c1-11(2)7-13-14(10(11)15)9-5-3-8(12)4-6-9/h3-7H,1-2H3. The van der Waals surface area contributed by atoms with Crippen LogP contribution in [0, 0.1) is 11.2 Å². The van der Waals surface area contributed by atoms with Gasteiger partial charge in [0.15, 0.2) is 0 Å². The van der Waals surface area contributed by atoms with E-state index in [0.717, 1.165) is 0 Å². The smallest absolute Gasteiger partial charge is 0.258 e. The van der Waals surface area contributed by atoms with Gasteiger partial charge in [0, 0.05) is 6.21 Å². The van der Waals surface area contributed by atoms with Gasteiger partial charge in [0.05, 0.1) is 11.1 Å². The summed E-state index contributed by atoms with van der Waals surface area (Å²) in [5.41, 5.74) is 0.0113. The molecule has 0 aromatic heterocycles. The van der Waals surface area contributed by atoms with Crippen molar-refractivity contribution in [3.8, 4) is 0 Å². The van der Waals surface area contributed by atoms with E-state index in [1.807, 2.05) is 0 Å². The molecule has 0 atom stereocenters. The van der Waals surface area contributed by atoms with Gasteiger partial charge in [-0.2, -0.15) is 5.10 Å². The normalized spacial score (nSPS) is 18.6. The summed E-state index contributed by atoms with van der Waals surface area (Å²) in [6.07, 6.45) is 1.60. The van der Waals surface area contributed by atoms with Crippen LogP contribution in [-0.2, 0) is 4.79 Å². The number of halogens is 1. The Bertz CT molecular complexity index is 423. The highest BCUT2D eigenvalue weighted by molar-refractivity contribution is 6.10. The minimum Gasteiger partial charge on any atom is -0.271 e. The van der Waals surface area contributed by atoms with Crippen molar-refractivity contribution in [1.82, 2.24) is 0 Å². The van der Waals surface area contributed by atoms with Crippen LogP contribution in [0.25, 0.3) is 0 Å². The quantitative estimate of drug-likeness (QED) is 0.693. The molecule has 1 aliphatic heterocycles. The first-order chi connectivity index (χ1) is 7.00. The maximum atomic E-state index is 12.7. The molecule has 15 heavy (non-hydrogen) atoms. The van der Waals surface area contributed by atoms with E-state index >= 15 is 0 Å². The molecule has 2 rings (SSSR count). The van der Waals surface area contributed by atoms with Gasteiger partial charge in [-0.3, -0.25) is 4.79 Å². The van der Waals surface area contributed by atoms with Crippen molar-refractivity contribution in [1.29, 1.82) is 0 Å². The number of nitrogens with zero attached hydrogens (tertiary/aromatic N) is 2. The Balaban J connectivity index is 2.31. The first-order valence-electron chi connectivity index (χ1n) is 4.66. The molecule has 1 aliphatic rings. The highest BCUT2D eigenvalue weighted by Crippen LogP contribution is 2.27. The third kappa shape index (κ3) is 1.63. The number of carbonyl (C=O) groups excluding carboxylic acids is 1. The molecule has 1 aromatic carbocycles. The van der Waals surface area contributed by atoms with E-state index in [0.29, 0.717) is 5.69 Å². The van der Waals surface area contributed by atoms with Crippen LogP contribution in [0.5, 0.6) is 0 Å². The fraction of sp³-hybridized carbons (Fsp3) is 0.273. The summed E-state index contributed by atoms with van der Waals surface area (Å²) >= 11 is 0. The van der Waals surface area contributed by atoms with Gasteiger partial charge in [0.25, 0.3) is 5.91 Å². The lowest BCUT2D eigenvalue weighted by Gasteiger charge is -2.17. The highest BCUT2D eigenvalue weighted by atomic mass is 19.1. The molecule has 0 saturated carbocycles. The van der Waals surface area contributed by atoms with Gasteiger partial charge >= 0.3 is 0 Å². The molecule has 0 unspecified atom stereocenters. The number of anilines is 1. The van der Waals surface area contributed by atoms with Gasteiger partial charge in [0.1, 0.15) is 5.82 Å². The van der Waals surface area contributed by atoms with Crippen molar-refractivity contribution in [3.05, 3.63) is 30.1 Å². The van der Waals surface area contributed by atoms with Gasteiger partial charge < -0.3 is 0 Å². The number of hydrazone groups is 1. The van der Waals surface area contributed by atoms with Gasteiger partial charge in [-0.15, -0.1) is 0 Å². The first kappa shape index (κ1) is 9.83. The molecule has 78 valence electrons. The van der Waals surface area contributed by atoms with Gasteiger partial charge in [-0.05, 0) is 38.1 Å². The predicted octanol–water partition coefficient (Wildman–Crippen LogP) is 2.18. The molecule has 0 bridgehead atoms. The van der Waals surface area contributed by atoms with E-state index in [-0.39, 0.29) is 11.7 Å². The molecular weight excluding hydrogens is 195 g/mol. The van der Waals surface area contributed by atoms with Gasteiger partial charge in [0.2, 0.25) is 0 Å². The second-order valence-corrected chi connectivity index (χ2v) is 4.06. The molecule has 1 amide bonds. The third-order valence-electron chi connectivity index (χ3n) is 2.31. The fourth-order valence-corrected chi connectivity index (χ4v) is 1.35. The molecule has 0 spiro atoms. The van der Waals surface area contributed by atoms with Crippen molar-refractivity contribution in [2.24, 2.45) is 10.5 Å². The molecule has 0 N–H and O–H groups in total. The zero-order valence-electron chi connectivity index (χ0n) is 8.57. The zero-order chi connectivity index (χ0) is 11.1. The Morgan fingerprint density at radius 1 is 1.27 bits per heavy atom. The minimum atomic E-state index is -0.575. The summed E-state index contributed by atoms with van der Waals surface area (Å²) in [5, 5.41) is 5.30. The molecule has 0 aliphatic carbocycles. The van der Waals surface area contributed by atoms with E-state index in [1.165, 1.54) is 29.3 Å². The second kappa shape index (κ2) is 3.15. The van der Waals surface area contributed by atoms with E-state index in [1.54, 1.807) is 20.1 Å². The van der Waals surface area contributed by atoms with Gasteiger partial charge in [-0.25, -0.2) is 9.40 Å². The molecular formula is C11H11FN2O. The number of hydrogen-bond acceptors (Lipinski definition) is 2. The van der Waals surface area contributed by atoms with Crippen LogP contribution in [0.3, 0.4) is 0 Å². The maximum absolute atomic E-state index is 12.7. The summed E-state index contributed by atoms with van der Waals surface area (Å²) in [6, 6.07) is 5.69. The van der Waals surface area contributed by atoms with E-state index in [4.69, 9.17) is 0 Å². The molecule has 1 heterocycles. The molecule has 0 saturated heterocycles. The number of benzene rings is 1. The average Bonchev–Trinajstić information content (AvgIpc) is 2.45. The lowest BCUT2D eigenvalue weighted by atomic mass is 9.95. The zero-order valence-corrected chi connectivity index (χ0v) is 8.57. The second-order valence-electron chi connectivity index (χ2n) is 4.06. The first-order valence-corrected chi connectivity index (χ1v) is 4.66. The van der Waals surface area contributed by atoms with Crippen LogP contribution < -0.4 is 5.01 Å². The number of rotatable bonds is 1. The maximum Gasteiger partial charge on any atom is 0.258 e. The van der Waals surface area contributed by atoms with Crippen LogP contribution in [0.1, 0.15) is 13.8 Å². The number of amides is 1. The molecule has 0 radical (unpaired) electrons. The lowest BCUT2D eigenvalue weighted by Crippen LogP contribution is -2.31. The van der Waals surface area contributed by atoms with Crippen molar-refractivity contribution in [2.45, 2.75) is 13.8 Å². The van der Waals surface area contributed by atoms with Crippen LogP contribution in [-0.4, -0.2) is 12.1 Å². The van der Waals surface area contributed by atoms with Crippen LogP contribution in [0.15, 0.2) is 29.4 Å². The Morgan fingerprint density at radius 2 is 1.87 bits per heavy atom. The monoisotopic (exact) mass is 206 g/mol. The van der Waals surface area contributed by atoms with Crippen LogP contribution in [0.2, 0.25) is 0 Å². The lowest BCUT2D eigenvalue weighted by molar-refractivity contribution is -0.122. The molecule has 3 nitrogen and oxygen atoms in total. The summed E-state index contributed by atoms with van der Waals surface area (Å²) in [7, 11) is 0. The Kier molecular flexibility index (Phi) is 2.07. The fourth-order valence-electron chi connectivity index (χ4n) is 1.35. The summed E-state index contributed by atoms with van der Waals surface area (Å²) in [5.74, 6) is -0.428. The van der Waals surface area contributed by atoms with Crippen LogP contribution >= 0.6 is 0 Å². The summed E-state index contributed by atoms with van der Waals surface area (Å²) in [4.78, 5) is 11.8. The number of hydrogen-bond donors (Lipinski definition) is 0. The van der Waals surface area contributed by atoms with Crippen molar-refractivity contribution >= 4 is 17.8 Å². The average molecular weight is 206 g/mol. The summed E-state index contributed by atoms with van der Waals surface area (Å²) in [6.45, 7) is 3.59. The van der Waals surface area contributed by atoms with E-state index < -0.39 is 5.41 Å². The Morgan fingerprint density at radius 3 is 2.33 bits per heavy atom. The highest BCUT2D eigenvalue weighted by Gasteiger charge is 2.36. The van der Waals surface area contributed by atoms with Crippen LogP contribution in [0.4, 0.5) is 10.1 Å². The number of carbonyl (C=O) groups is 1. The third-order valence-corrected chi connectivity index (χ3v) is 2.31. The van der Waals surface area contributed by atoms with Crippen molar-refractivity contribution in [3.63, 3.8) is 0 Å². The molecule has 4 heteroatoms. The van der Waals surface area contributed by atoms with Crippen molar-refractivity contribution in [2.75, 3.05) is 5.01 Å². The SMILES string of the molecule is CC1(C)C=NN(c2ccc(F)cc2)C1=O.